The van der Waals surface area contributed by atoms with Crippen LogP contribution in [0.1, 0.15) is 26.7 Å². The van der Waals surface area contributed by atoms with Crippen LogP contribution in [-0.2, 0) is 13.0 Å². The molecule has 3 heterocycles. The van der Waals surface area contributed by atoms with Crippen molar-refractivity contribution in [2.24, 2.45) is 0 Å². The first-order valence-electron chi connectivity index (χ1n) is 8.52. The Morgan fingerprint density at radius 2 is 2.22 bits per heavy atom. The summed E-state index contributed by atoms with van der Waals surface area (Å²) in [6, 6.07) is 7.65. The van der Waals surface area contributed by atoms with Crippen molar-refractivity contribution >= 4 is 33.0 Å². The third-order valence-electron chi connectivity index (χ3n) is 4.27. The molecule has 1 amide bonds. The Balaban J connectivity index is 1.46. The average Bonchev–Trinajstić information content (AvgIpc) is 3.41. The summed E-state index contributed by atoms with van der Waals surface area (Å²) < 4.78 is 11.3. The maximum Gasteiger partial charge on any atom is 0.258 e. The van der Waals surface area contributed by atoms with E-state index in [4.69, 9.17) is 8.83 Å². The van der Waals surface area contributed by atoms with E-state index in [-0.39, 0.29) is 5.91 Å². The largest absolute Gasteiger partial charge is 0.472 e. The molecule has 0 saturated carbocycles. The van der Waals surface area contributed by atoms with Gasteiger partial charge in [-0.1, -0.05) is 0 Å². The Labute approximate surface area is 159 Å². The minimum Gasteiger partial charge on any atom is -0.472 e. The lowest BCUT2D eigenvalue weighted by Crippen LogP contribution is -2.17. The van der Waals surface area contributed by atoms with Gasteiger partial charge in [-0.3, -0.25) is 4.79 Å². The SMILES string of the molecule is Cc1sc2ccc(NC(=O)c3ccoc3)cc2c1CCNCc1nnco1. The third-order valence-corrected chi connectivity index (χ3v) is 5.40. The quantitative estimate of drug-likeness (QED) is 0.473. The first kappa shape index (κ1) is 17.4. The molecule has 0 atom stereocenters. The van der Waals surface area contributed by atoms with Gasteiger partial charge in [0.2, 0.25) is 12.3 Å². The average molecular weight is 382 g/mol. The lowest BCUT2D eigenvalue weighted by Gasteiger charge is -2.06. The van der Waals surface area contributed by atoms with Gasteiger partial charge in [-0.25, -0.2) is 0 Å². The number of nitrogens with zero attached hydrogens (tertiary/aromatic N) is 2. The lowest BCUT2D eigenvalue weighted by atomic mass is 10.1. The van der Waals surface area contributed by atoms with E-state index in [1.54, 1.807) is 17.4 Å². The molecule has 3 aromatic heterocycles. The molecule has 0 aliphatic rings. The van der Waals surface area contributed by atoms with E-state index in [0.717, 1.165) is 18.7 Å². The number of aryl methyl sites for hydroxylation is 1. The number of fused-ring (bicyclic) bond motifs is 1. The molecule has 8 heteroatoms. The molecule has 138 valence electrons. The first-order chi connectivity index (χ1) is 13.2. The summed E-state index contributed by atoms with van der Waals surface area (Å²) in [5.41, 5.74) is 2.56. The van der Waals surface area contributed by atoms with Crippen LogP contribution in [0.2, 0.25) is 0 Å². The molecule has 0 bridgehead atoms. The van der Waals surface area contributed by atoms with Gasteiger partial charge < -0.3 is 19.5 Å². The number of furan rings is 1. The van der Waals surface area contributed by atoms with Crippen LogP contribution in [-0.4, -0.2) is 22.6 Å². The molecule has 7 nitrogen and oxygen atoms in total. The second-order valence-electron chi connectivity index (χ2n) is 6.07. The molecule has 0 aliphatic heterocycles. The highest BCUT2D eigenvalue weighted by atomic mass is 32.1. The number of hydrogen-bond acceptors (Lipinski definition) is 7. The summed E-state index contributed by atoms with van der Waals surface area (Å²) in [5.74, 6) is 0.393. The summed E-state index contributed by atoms with van der Waals surface area (Å²) in [6.07, 6.45) is 5.12. The van der Waals surface area contributed by atoms with Crippen molar-refractivity contribution in [3.05, 3.63) is 65.1 Å². The highest BCUT2D eigenvalue weighted by molar-refractivity contribution is 7.19. The number of carbonyl (C=O) groups excluding carboxylic acids is 1. The molecular weight excluding hydrogens is 364 g/mol. The summed E-state index contributed by atoms with van der Waals surface area (Å²) in [7, 11) is 0. The minimum absolute atomic E-state index is 0.183. The zero-order valence-electron chi connectivity index (χ0n) is 14.7. The Hall–Kier alpha value is -2.97. The van der Waals surface area contributed by atoms with Gasteiger partial charge in [-0.15, -0.1) is 21.5 Å². The highest BCUT2D eigenvalue weighted by Crippen LogP contribution is 2.33. The Morgan fingerprint density at radius 1 is 1.30 bits per heavy atom. The van der Waals surface area contributed by atoms with E-state index in [2.05, 4.69) is 27.8 Å². The molecule has 2 N–H and O–H groups in total. The number of aromatic nitrogens is 2. The fourth-order valence-electron chi connectivity index (χ4n) is 2.94. The van der Waals surface area contributed by atoms with Gasteiger partial charge in [0, 0.05) is 15.3 Å². The topological polar surface area (TPSA) is 93.2 Å². The predicted octanol–water partition coefficient (Wildman–Crippen LogP) is 3.77. The van der Waals surface area contributed by atoms with Crippen LogP contribution >= 0.6 is 11.3 Å². The van der Waals surface area contributed by atoms with E-state index in [1.165, 1.54) is 39.4 Å². The first-order valence-corrected chi connectivity index (χ1v) is 9.33. The number of carbonyl (C=O) groups is 1. The van der Waals surface area contributed by atoms with Gasteiger partial charge in [-0.05, 0) is 55.1 Å². The monoisotopic (exact) mass is 382 g/mol. The molecule has 0 radical (unpaired) electrons. The Morgan fingerprint density at radius 3 is 3.00 bits per heavy atom. The van der Waals surface area contributed by atoms with E-state index >= 15 is 0 Å². The van der Waals surface area contributed by atoms with E-state index < -0.39 is 0 Å². The summed E-state index contributed by atoms with van der Waals surface area (Å²) >= 11 is 1.76. The van der Waals surface area contributed by atoms with Crippen LogP contribution in [0, 0.1) is 6.92 Å². The van der Waals surface area contributed by atoms with Crippen LogP contribution in [0.5, 0.6) is 0 Å². The molecule has 4 aromatic rings. The molecule has 0 fully saturated rings. The molecule has 1 aromatic carbocycles. The van der Waals surface area contributed by atoms with Crippen molar-refractivity contribution in [2.75, 3.05) is 11.9 Å². The lowest BCUT2D eigenvalue weighted by molar-refractivity contribution is 0.102. The second kappa shape index (κ2) is 7.73. The van der Waals surface area contributed by atoms with E-state index in [9.17, 15) is 4.79 Å². The van der Waals surface area contributed by atoms with Crippen molar-refractivity contribution in [2.45, 2.75) is 19.9 Å². The fraction of sp³-hybridized carbons (Fsp3) is 0.211. The summed E-state index contributed by atoms with van der Waals surface area (Å²) in [6.45, 7) is 3.47. The number of thiophene rings is 1. The standard InChI is InChI=1S/C19H18N4O3S/c1-12-15(4-6-20-9-18-23-21-11-26-18)16-8-14(2-3-17(16)27-12)22-19(24)13-5-7-25-10-13/h2-3,5,7-8,10-11,20H,4,6,9H2,1H3,(H,22,24). The highest BCUT2D eigenvalue weighted by Gasteiger charge is 2.12. The van der Waals surface area contributed by atoms with Crippen molar-refractivity contribution in [3.8, 4) is 0 Å². The Bertz CT molecular complexity index is 1040. The molecule has 0 spiro atoms. The van der Waals surface area contributed by atoms with Crippen LogP contribution in [0.3, 0.4) is 0 Å². The minimum atomic E-state index is -0.183. The van der Waals surface area contributed by atoms with E-state index in [0.29, 0.717) is 18.0 Å². The molecule has 0 unspecified atom stereocenters. The van der Waals surface area contributed by atoms with Gasteiger partial charge in [0.05, 0.1) is 18.4 Å². The third kappa shape index (κ3) is 3.91. The summed E-state index contributed by atoms with van der Waals surface area (Å²) in [5, 5.41) is 14.9. The van der Waals surface area contributed by atoms with Crippen LogP contribution in [0.15, 0.2) is 52.0 Å². The number of hydrogen-bond donors (Lipinski definition) is 2. The van der Waals surface area contributed by atoms with Gasteiger partial charge in [0.1, 0.15) is 6.26 Å². The van der Waals surface area contributed by atoms with Crippen molar-refractivity contribution < 1.29 is 13.6 Å². The predicted molar refractivity (Wildman–Crippen MR) is 103 cm³/mol. The number of rotatable bonds is 7. The number of amides is 1. The molecule has 0 saturated heterocycles. The van der Waals surface area contributed by atoms with Crippen molar-refractivity contribution in [1.82, 2.24) is 15.5 Å². The number of nitrogens with one attached hydrogen (secondary N) is 2. The number of anilines is 1. The molecule has 0 aliphatic carbocycles. The fourth-order valence-corrected chi connectivity index (χ4v) is 4.03. The van der Waals surface area contributed by atoms with Gasteiger partial charge in [0.15, 0.2) is 0 Å². The smallest absolute Gasteiger partial charge is 0.258 e. The molecule has 4 rings (SSSR count). The maximum absolute atomic E-state index is 12.2. The van der Waals surface area contributed by atoms with Gasteiger partial charge in [-0.2, -0.15) is 0 Å². The zero-order valence-corrected chi connectivity index (χ0v) is 15.5. The second-order valence-corrected chi connectivity index (χ2v) is 7.33. The maximum atomic E-state index is 12.2. The van der Waals surface area contributed by atoms with Crippen LogP contribution in [0.25, 0.3) is 10.1 Å². The number of benzene rings is 1. The van der Waals surface area contributed by atoms with Crippen molar-refractivity contribution in [1.29, 1.82) is 0 Å². The van der Waals surface area contributed by atoms with Crippen LogP contribution in [0.4, 0.5) is 5.69 Å². The van der Waals surface area contributed by atoms with Gasteiger partial charge in [0.25, 0.3) is 5.91 Å². The van der Waals surface area contributed by atoms with Crippen LogP contribution < -0.4 is 10.6 Å². The van der Waals surface area contributed by atoms with E-state index in [1.807, 2.05) is 18.2 Å². The summed E-state index contributed by atoms with van der Waals surface area (Å²) in [4.78, 5) is 13.5. The Kier molecular flexibility index (Phi) is 4.99. The molecular formula is C19H18N4O3S. The molecule has 27 heavy (non-hydrogen) atoms. The van der Waals surface area contributed by atoms with Gasteiger partial charge >= 0.3 is 0 Å². The van der Waals surface area contributed by atoms with Crippen molar-refractivity contribution in [3.63, 3.8) is 0 Å². The normalized spacial score (nSPS) is 11.1. The zero-order chi connectivity index (χ0) is 18.6.